The van der Waals surface area contributed by atoms with Gasteiger partial charge in [-0.05, 0) is 19.1 Å². The molecule has 0 bridgehead atoms. The highest BCUT2D eigenvalue weighted by molar-refractivity contribution is 8.00. The van der Waals surface area contributed by atoms with Crippen LogP contribution in [0.3, 0.4) is 0 Å². The number of carbonyl (C=O) groups excluding carboxylic acids is 1. The first-order valence-corrected chi connectivity index (χ1v) is 8.94. The Labute approximate surface area is 142 Å². The van der Waals surface area contributed by atoms with E-state index in [9.17, 15) is 13.2 Å². The van der Waals surface area contributed by atoms with Gasteiger partial charge >= 0.3 is 0 Å². The first-order chi connectivity index (χ1) is 11.3. The third-order valence-corrected chi connectivity index (χ3v) is 4.96. The molecule has 2 rings (SSSR count). The Bertz CT molecular complexity index is 953. The van der Waals surface area contributed by atoms with Crippen molar-refractivity contribution in [2.45, 2.75) is 16.7 Å². The van der Waals surface area contributed by atoms with Crippen molar-refractivity contribution < 1.29 is 13.2 Å². The normalized spacial score (nSPS) is 11.0. The van der Waals surface area contributed by atoms with Gasteiger partial charge < -0.3 is 5.73 Å². The summed E-state index contributed by atoms with van der Waals surface area (Å²) in [5.41, 5.74) is 5.57. The average Bonchev–Trinajstić information content (AvgIpc) is 2.50. The molecule has 0 aliphatic heterocycles. The molecule has 0 saturated carbocycles. The molecule has 1 heterocycles. The molecule has 0 fully saturated rings. The summed E-state index contributed by atoms with van der Waals surface area (Å²) in [6, 6.07) is 4.45. The molecule has 9 nitrogen and oxygen atoms in total. The van der Waals surface area contributed by atoms with Gasteiger partial charge in [0.05, 0.1) is 22.3 Å². The molecular weight excluding hydrogens is 352 g/mol. The summed E-state index contributed by atoms with van der Waals surface area (Å²) in [6.07, 6.45) is 1.26. The number of aromatic nitrogens is 3. The molecule has 24 heavy (non-hydrogen) atoms. The van der Waals surface area contributed by atoms with E-state index in [0.717, 1.165) is 11.8 Å². The number of carbonyl (C=O) groups is 1. The Hall–Kier alpha value is -2.55. The van der Waals surface area contributed by atoms with Crippen molar-refractivity contribution in [1.29, 1.82) is 5.26 Å². The lowest BCUT2D eigenvalue weighted by Crippen LogP contribution is -2.19. The van der Waals surface area contributed by atoms with Gasteiger partial charge in [-0.3, -0.25) is 4.79 Å². The zero-order valence-corrected chi connectivity index (χ0v) is 14.1. The molecule has 124 valence electrons. The van der Waals surface area contributed by atoms with Crippen LogP contribution in [0.4, 0.5) is 0 Å². The lowest BCUT2D eigenvalue weighted by molar-refractivity contribution is 0.0997. The number of nitrogens with zero attached hydrogens (tertiary/aromatic N) is 4. The van der Waals surface area contributed by atoms with Crippen molar-refractivity contribution in [2.24, 2.45) is 10.9 Å². The number of benzene rings is 1. The van der Waals surface area contributed by atoms with Crippen LogP contribution in [-0.4, -0.2) is 35.0 Å². The molecular formula is C13H12N6O3S2. The maximum Gasteiger partial charge on any atom is 0.250 e. The van der Waals surface area contributed by atoms with Crippen molar-refractivity contribution in [2.75, 3.05) is 5.75 Å². The molecule has 0 unspecified atom stereocenters. The second-order valence-electron chi connectivity index (χ2n) is 4.53. The Morgan fingerprint density at radius 2 is 2.08 bits per heavy atom. The van der Waals surface area contributed by atoms with E-state index < -0.39 is 15.9 Å². The third kappa shape index (κ3) is 3.67. The van der Waals surface area contributed by atoms with Crippen LogP contribution in [0.5, 0.6) is 0 Å². The van der Waals surface area contributed by atoms with Gasteiger partial charge in [-0.1, -0.05) is 0 Å². The fourth-order valence-corrected chi connectivity index (χ4v) is 3.89. The minimum atomic E-state index is -4.12. The number of hydrogen-bond acceptors (Lipinski definition) is 8. The Balaban J connectivity index is 2.83. The first kappa shape index (κ1) is 17.8. The summed E-state index contributed by atoms with van der Waals surface area (Å²) in [5.74, 6) is -0.398. The molecule has 0 aliphatic carbocycles. The molecule has 0 radical (unpaired) electrons. The second kappa shape index (κ2) is 6.91. The number of hydrogen-bond donors (Lipinski definition) is 2. The van der Waals surface area contributed by atoms with Gasteiger partial charge in [-0.2, -0.15) is 5.26 Å². The van der Waals surface area contributed by atoms with E-state index in [1.165, 1.54) is 18.5 Å². The number of nitrogens with two attached hydrogens (primary N) is 2. The number of thioether (sulfide) groups is 1. The second-order valence-corrected chi connectivity index (χ2v) is 7.04. The molecule has 4 N–H and O–H groups in total. The minimum Gasteiger partial charge on any atom is -0.366 e. The molecule has 11 heteroatoms. The number of primary sulfonamides is 1. The number of amides is 1. The van der Waals surface area contributed by atoms with Gasteiger partial charge in [-0.25, -0.2) is 28.5 Å². The van der Waals surface area contributed by atoms with Gasteiger partial charge in [-0.15, -0.1) is 11.8 Å². The van der Waals surface area contributed by atoms with E-state index in [2.05, 4.69) is 15.0 Å². The summed E-state index contributed by atoms with van der Waals surface area (Å²) in [5, 5.41) is 14.0. The molecule has 0 atom stereocenters. The highest BCUT2D eigenvalue weighted by Crippen LogP contribution is 2.35. The summed E-state index contributed by atoms with van der Waals surface area (Å²) in [7, 11) is -4.12. The smallest absolute Gasteiger partial charge is 0.250 e. The SMILES string of the molecule is Cc1ncnc(-c2ccc(S(N)(=O)=O)c(SCC#N)c2C(N)=O)n1. The summed E-state index contributed by atoms with van der Waals surface area (Å²) >= 11 is 0.850. The fraction of sp³-hybridized carbons (Fsp3) is 0.154. The molecule has 0 saturated heterocycles. The molecule has 1 aromatic carbocycles. The van der Waals surface area contributed by atoms with Crippen LogP contribution >= 0.6 is 11.8 Å². The molecule has 0 aliphatic rings. The Kier molecular flexibility index (Phi) is 5.13. The largest absolute Gasteiger partial charge is 0.366 e. The summed E-state index contributed by atoms with van der Waals surface area (Å²) in [4.78, 5) is 23.6. The topological polar surface area (TPSA) is 166 Å². The number of sulfonamides is 1. The van der Waals surface area contributed by atoms with E-state index in [0.29, 0.717) is 5.82 Å². The van der Waals surface area contributed by atoms with Crippen LogP contribution < -0.4 is 10.9 Å². The Morgan fingerprint density at radius 1 is 1.38 bits per heavy atom. The van der Waals surface area contributed by atoms with E-state index in [4.69, 9.17) is 16.1 Å². The van der Waals surface area contributed by atoms with E-state index in [1.54, 1.807) is 6.92 Å². The Morgan fingerprint density at radius 3 is 2.62 bits per heavy atom. The van der Waals surface area contributed by atoms with E-state index >= 15 is 0 Å². The van der Waals surface area contributed by atoms with Crippen LogP contribution in [0.1, 0.15) is 16.2 Å². The summed E-state index contributed by atoms with van der Waals surface area (Å²) < 4.78 is 23.6. The average molecular weight is 364 g/mol. The van der Waals surface area contributed by atoms with Crippen molar-refractivity contribution >= 4 is 27.7 Å². The van der Waals surface area contributed by atoms with Crippen molar-refractivity contribution in [3.05, 3.63) is 29.8 Å². The van der Waals surface area contributed by atoms with E-state index in [-0.39, 0.29) is 32.5 Å². The third-order valence-electron chi connectivity index (χ3n) is 2.89. The van der Waals surface area contributed by atoms with Gasteiger partial charge in [0.1, 0.15) is 12.2 Å². The van der Waals surface area contributed by atoms with Crippen LogP contribution in [-0.2, 0) is 10.0 Å². The standard InChI is InChI=1S/C13H12N6O3S2/c1-7-17-6-18-13(19-7)8-2-3-9(24(16,21)22)11(23-5-4-14)10(8)12(15)20/h2-3,6H,5H2,1H3,(H2,15,20)(H2,16,21,22). The zero-order chi connectivity index (χ0) is 17.9. The number of rotatable bonds is 5. The lowest BCUT2D eigenvalue weighted by atomic mass is 10.1. The maximum atomic E-state index is 12.0. The molecule has 2 aromatic rings. The van der Waals surface area contributed by atoms with Crippen molar-refractivity contribution in [3.63, 3.8) is 0 Å². The number of nitriles is 1. The molecule has 1 amide bonds. The highest BCUT2D eigenvalue weighted by Gasteiger charge is 2.25. The van der Waals surface area contributed by atoms with Gasteiger partial charge in [0.15, 0.2) is 5.82 Å². The maximum absolute atomic E-state index is 12.0. The van der Waals surface area contributed by atoms with Crippen LogP contribution in [0.25, 0.3) is 11.4 Å². The van der Waals surface area contributed by atoms with E-state index in [1.807, 2.05) is 6.07 Å². The van der Waals surface area contributed by atoms with Gasteiger partial charge in [0.2, 0.25) is 10.0 Å². The van der Waals surface area contributed by atoms with Gasteiger partial charge in [0.25, 0.3) is 5.91 Å². The van der Waals surface area contributed by atoms with Crippen molar-refractivity contribution in [1.82, 2.24) is 15.0 Å². The number of aryl methyl sites for hydroxylation is 1. The monoisotopic (exact) mass is 364 g/mol. The van der Waals surface area contributed by atoms with Gasteiger partial charge in [0, 0.05) is 10.5 Å². The quantitative estimate of drug-likeness (QED) is 0.710. The fourth-order valence-electron chi connectivity index (χ4n) is 1.97. The highest BCUT2D eigenvalue weighted by atomic mass is 32.2. The number of primary amides is 1. The molecule has 1 aromatic heterocycles. The van der Waals surface area contributed by atoms with Crippen molar-refractivity contribution in [3.8, 4) is 17.5 Å². The molecule has 0 spiro atoms. The minimum absolute atomic E-state index is 0.00196. The predicted molar refractivity (Wildman–Crippen MR) is 86.2 cm³/mol. The first-order valence-electron chi connectivity index (χ1n) is 6.41. The van der Waals surface area contributed by atoms with Crippen LogP contribution in [0.2, 0.25) is 0 Å². The van der Waals surface area contributed by atoms with Crippen LogP contribution in [0.15, 0.2) is 28.3 Å². The zero-order valence-electron chi connectivity index (χ0n) is 12.4. The summed E-state index contributed by atoms with van der Waals surface area (Å²) in [6.45, 7) is 1.64. The predicted octanol–water partition coefficient (Wildman–Crippen LogP) is 0.209. The van der Waals surface area contributed by atoms with Crippen LogP contribution in [0, 0.1) is 18.3 Å². The lowest BCUT2D eigenvalue weighted by Gasteiger charge is -2.14.